The average Bonchev–Trinajstić information content (AvgIpc) is 3.24. The maximum Gasteiger partial charge on any atom is 0.247 e. The SMILES string of the molecule is CCNc1nc(Nc2cc(C#N)cc(C3CCN(C(C)=O)CC3)c2Cl)nn2c(C#N)cnc12. The van der Waals surface area contributed by atoms with Crippen molar-refractivity contribution >= 4 is 40.6 Å². The first kappa shape index (κ1) is 22.3. The molecular formula is C22H22ClN9O. The minimum absolute atomic E-state index is 0.0629. The van der Waals surface area contributed by atoms with Gasteiger partial charge in [0.25, 0.3) is 0 Å². The Morgan fingerprint density at radius 3 is 2.67 bits per heavy atom. The minimum Gasteiger partial charge on any atom is -0.367 e. The van der Waals surface area contributed by atoms with E-state index in [2.05, 4.69) is 37.8 Å². The van der Waals surface area contributed by atoms with Crippen LogP contribution < -0.4 is 10.6 Å². The molecule has 1 aliphatic rings. The van der Waals surface area contributed by atoms with Crippen molar-refractivity contribution in [2.75, 3.05) is 30.3 Å². The second kappa shape index (κ2) is 9.31. The van der Waals surface area contributed by atoms with Crippen molar-refractivity contribution in [1.82, 2.24) is 24.5 Å². The zero-order valence-corrected chi connectivity index (χ0v) is 19.0. The number of halogens is 1. The zero-order valence-electron chi connectivity index (χ0n) is 18.3. The summed E-state index contributed by atoms with van der Waals surface area (Å²) in [5, 5.41) is 30.1. The molecule has 2 N–H and O–H groups in total. The molecule has 0 radical (unpaired) electrons. The van der Waals surface area contributed by atoms with Crippen molar-refractivity contribution in [2.24, 2.45) is 0 Å². The highest BCUT2D eigenvalue weighted by molar-refractivity contribution is 6.34. The maximum absolute atomic E-state index is 11.7. The van der Waals surface area contributed by atoms with Crippen molar-refractivity contribution in [3.8, 4) is 12.1 Å². The van der Waals surface area contributed by atoms with Gasteiger partial charge in [0.1, 0.15) is 6.07 Å². The fourth-order valence-corrected chi connectivity index (χ4v) is 4.33. The number of nitriles is 2. The third kappa shape index (κ3) is 4.38. The van der Waals surface area contributed by atoms with Crippen molar-refractivity contribution in [1.29, 1.82) is 10.5 Å². The lowest BCUT2D eigenvalue weighted by atomic mass is 9.88. The third-order valence-corrected chi connectivity index (χ3v) is 6.10. The van der Waals surface area contributed by atoms with E-state index in [1.807, 2.05) is 11.8 Å². The number of rotatable bonds is 5. The highest BCUT2D eigenvalue weighted by atomic mass is 35.5. The Bertz CT molecular complexity index is 1300. The molecule has 0 saturated carbocycles. The average molecular weight is 464 g/mol. The molecule has 0 unspecified atom stereocenters. The molecule has 1 saturated heterocycles. The van der Waals surface area contributed by atoms with Gasteiger partial charge < -0.3 is 15.5 Å². The van der Waals surface area contributed by atoms with Gasteiger partial charge in [-0.3, -0.25) is 4.79 Å². The third-order valence-electron chi connectivity index (χ3n) is 5.68. The monoisotopic (exact) mass is 463 g/mol. The van der Waals surface area contributed by atoms with E-state index >= 15 is 0 Å². The van der Waals surface area contributed by atoms with E-state index in [9.17, 15) is 15.3 Å². The predicted molar refractivity (Wildman–Crippen MR) is 123 cm³/mol. The molecule has 10 nitrogen and oxygen atoms in total. The van der Waals surface area contributed by atoms with Gasteiger partial charge in [-0.2, -0.15) is 20.0 Å². The summed E-state index contributed by atoms with van der Waals surface area (Å²) in [5.74, 6) is 0.873. The molecular weight excluding hydrogens is 442 g/mol. The van der Waals surface area contributed by atoms with Crippen LogP contribution in [0.1, 0.15) is 49.4 Å². The molecule has 4 rings (SSSR count). The largest absolute Gasteiger partial charge is 0.367 e. The van der Waals surface area contributed by atoms with Crippen LogP contribution in [0, 0.1) is 22.7 Å². The summed E-state index contributed by atoms with van der Waals surface area (Å²) in [7, 11) is 0. The summed E-state index contributed by atoms with van der Waals surface area (Å²) in [6, 6.07) is 7.70. The van der Waals surface area contributed by atoms with Crippen molar-refractivity contribution in [3.05, 3.63) is 40.2 Å². The van der Waals surface area contributed by atoms with E-state index in [4.69, 9.17) is 11.6 Å². The van der Waals surface area contributed by atoms with Crippen LogP contribution in [0.25, 0.3) is 5.65 Å². The molecule has 1 amide bonds. The summed E-state index contributed by atoms with van der Waals surface area (Å²) in [4.78, 5) is 22.2. The Hall–Kier alpha value is -3.89. The lowest BCUT2D eigenvalue weighted by molar-refractivity contribution is -0.129. The quantitative estimate of drug-likeness (QED) is 0.587. The second-order valence-electron chi connectivity index (χ2n) is 7.75. The van der Waals surface area contributed by atoms with Gasteiger partial charge in [0.15, 0.2) is 17.2 Å². The van der Waals surface area contributed by atoms with Gasteiger partial charge in [-0.25, -0.2) is 4.98 Å². The van der Waals surface area contributed by atoms with E-state index in [1.165, 1.54) is 10.7 Å². The van der Waals surface area contributed by atoms with Crippen LogP contribution in [0.2, 0.25) is 5.02 Å². The van der Waals surface area contributed by atoms with Crippen molar-refractivity contribution in [2.45, 2.75) is 32.6 Å². The summed E-state index contributed by atoms with van der Waals surface area (Å²) in [5.41, 5.74) is 2.52. The van der Waals surface area contributed by atoms with Gasteiger partial charge in [0.05, 0.1) is 28.5 Å². The van der Waals surface area contributed by atoms with E-state index < -0.39 is 0 Å². The molecule has 1 aromatic carbocycles. The molecule has 2 aromatic heterocycles. The fourth-order valence-electron chi connectivity index (χ4n) is 4.02. The molecule has 0 aliphatic carbocycles. The van der Waals surface area contributed by atoms with Crippen LogP contribution in [0.3, 0.4) is 0 Å². The molecule has 0 atom stereocenters. The van der Waals surface area contributed by atoms with Crippen molar-refractivity contribution in [3.63, 3.8) is 0 Å². The van der Waals surface area contributed by atoms with Gasteiger partial charge in [-0.15, -0.1) is 5.10 Å². The Kier molecular flexibility index (Phi) is 6.29. The number of nitrogens with one attached hydrogen (secondary N) is 2. The number of carbonyl (C=O) groups excluding carboxylic acids is 1. The number of piperidine rings is 1. The lowest BCUT2D eigenvalue weighted by Crippen LogP contribution is -2.36. The molecule has 11 heteroatoms. The molecule has 0 bridgehead atoms. The molecule has 3 aromatic rings. The maximum atomic E-state index is 11.7. The Morgan fingerprint density at radius 1 is 1.27 bits per heavy atom. The lowest BCUT2D eigenvalue weighted by Gasteiger charge is -2.32. The summed E-state index contributed by atoms with van der Waals surface area (Å²) < 4.78 is 1.41. The molecule has 0 spiro atoms. The minimum atomic E-state index is 0.0629. The fraction of sp³-hybridized carbons (Fsp3) is 0.364. The molecule has 33 heavy (non-hydrogen) atoms. The molecule has 1 fully saturated rings. The summed E-state index contributed by atoms with van der Waals surface area (Å²) in [6.07, 6.45) is 2.96. The second-order valence-corrected chi connectivity index (χ2v) is 8.13. The standard InChI is InChI=1S/C22H22ClN9O/c1-3-26-20-21-27-12-16(11-25)32(21)30-22(29-20)28-18-9-14(10-24)8-17(19(18)23)15-4-6-31(7-5-15)13(2)33/h8-9,12,15H,3-7H2,1-2H3,(H2,26,28,29,30). The Balaban J connectivity index is 1.71. The van der Waals surface area contributed by atoms with Gasteiger partial charge in [0, 0.05) is 26.6 Å². The molecule has 168 valence electrons. The number of amides is 1. The van der Waals surface area contributed by atoms with Crippen LogP contribution in [-0.4, -0.2) is 50.0 Å². The number of carbonyl (C=O) groups is 1. The number of hydrogen-bond donors (Lipinski definition) is 2. The van der Waals surface area contributed by atoms with Crippen molar-refractivity contribution < 1.29 is 4.79 Å². The number of likely N-dealkylation sites (tertiary alicyclic amines) is 1. The highest BCUT2D eigenvalue weighted by Crippen LogP contribution is 2.38. The molecule has 1 aliphatic heterocycles. The Labute approximate surface area is 195 Å². The zero-order chi connectivity index (χ0) is 23.5. The number of nitrogens with zero attached hydrogens (tertiary/aromatic N) is 7. The first-order valence-corrected chi connectivity index (χ1v) is 11.0. The predicted octanol–water partition coefficient (Wildman–Crippen LogP) is 3.42. The van der Waals surface area contributed by atoms with Crippen LogP contribution in [0.15, 0.2) is 18.3 Å². The van der Waals surface area contributed by atoms with E-state index in [1.54, 1.807) is 19.1 Å². The summed E-state index contributed by atoms with van der Waals surface area (Å²) >= 11 is 6.78. The van der Waals surface area contributed by atoms with Gasteiger partial charge in [0.2, 0.25) is 11.9 Å². The smallest absolute Gasteiger partial charge is 0.247 e. The highest BCUT2D eigenvalue weighted by Gasteiger charge is 2.25. The number of imidazole rings is 1. The number of hydrogen-bond acceptors (Lipinski definition) is 8. The Morgan fingerprint density at radius 2 is 2.03 bits per heavy atom. The number of anilines is 3. The van der Waals surface area contributed by atoms with Crippen LogP contribution in [0.4, 0.5) is 17.5 Å². The normalized spacial score (nSPS) is 14.0. The van der Waals surface area contributed by atoms with E-state index in [-0.39, 0.29) is 23.5 Å². The number of benzene rings is 1. The molecule has 3 heterocycles. The van der Waals surface area contributed by atoms with E-state index in [0.717, 1.165) is 18.4 Å². The van der Waals surface area contributed by atoms with Gasteiger partial charge in [-0.05, 0) is 43.4 Å². The topological polar surface area (TPSA) is 135 Å². The van der Waals surface area contributed by atoms with Crippen LogP contribution >= 0.6 is 11.6 Å². The van der Waals surface area contributed by atoms with Gasteiger partial charge >= 0.3 is 0 Å². The van der Waals surface area contributed by atoms with E-state index in [0.29, 0.717) is 47.4 Å². The first-order valence-electron chi connectivity index (χ1n) is 10.6. The van der Waals surface area contributed by atoms with Crippen LogP contribution in [-0.2, 0) is 4.79 Å². The van der Waals surface area contributed by atoms with Crippen LogP contribution in [0.5, 0.6) is 0 Å². The first-order chi connectivity index (χ1) is 15.9. The summed E-state index contributed by atoms with van der Waals surface area (Å²) in [6.45, 7) is 5.41. The van der Waals surface area contributed by atoms with Gasteiger partial charge in [-0.1, -0.05) is 11.6 Å². The number of aromatic nitrogens is 4. The number of fused-ring (bicyclic) bond motifs is 1.